The number of carbonyl (C=O) groups excluding carboxylic acids is 7. The molecule has 0 aromatic carbocycles. The third-order valence-corrected chi connectivity index (χ3v) is 6.62. The summed E-state index contributed by atoms with van der Waals surface area (Å²) in [6.07, 6.45) is 4.35. The number of alkyl carbamates (subject to hydrolysis) is 1. The summed E-state index contributed by atoms with van der Waals surface area (Å²) in [5.74, 6) is -4.36. The maximum absolute atomic E-state index is 12.8. The molecule has 6 unspecified atom stereocenters. The van der Waals surface area contributed by atoms with Crippen LogP contribution in [0.2, 0.25) is 0 Å². The van der Waals surface area contributed by atoms with Gasteiger partial charge in [-0.05, 0) is 26.2 Å². The first-order valence-corrected chi connectivity index (χ1v) is 14.1. The number of imide groups is 4. The number of nitrogens with one attached hydrogen (secondary N) is 1. The number of allylic oxidation sites excluding steroid dienone is 3. The van der Waals surface area contributed by atoms with Crippen molar-refractivity contribution in [2.24, 2.45) is 0 Å². The van der Waals surface area contributed by atoms with Gasteiger partial charge in [-0.15, -0.1) is 0 Å². The van der Waals surface area contributed by atoms with Crippen LogP contribution >= 0.6 is 0 Å². The van der Waals surface area contributed by atoms with Crippen molar-refractivity contribution in [2.45, 2.75) is 90.0 Å². The smallest absolute Gasteiger partial charge is 0.414 e. The van der Waals surface area contributed by atoms with Gasteiger partial charge in [-0.3, -0.25) is 29.3 Å². The van der Waals surface area contributed by atoms with Crippen LogP contribution in [0.3, 0.4) is 0 Å². The Bertz CT molecular complexity index is 1280. The molecule has 0 aromatic heterocycles. The van der Waals surface area contributed by atoms with Crippen LogP contribution in [0, 0.1) is 0 Å². The Balaban J connectivity index is 1.86. The van der Waals surface area contributed by atoms with Crippen LogP contribution in [0.5, 0.6) is 0 Å². The van der Waals surface area contributed by atoms with E-state index in [2.05, 4.69) is 0 Å². The van der Waals surface area contributed by atoms with Crippen molar-refractivity contribution in [1.82, 2.24) is 10.2 Å². The summed E-state index contributed by atoms with van der Waals surface area (Å²) in [7, 11) is 0. The molecule has 3 aliphatic rings. The molecule has 238 valence electrons. The van der Waals surface area contributed by atoms with Crippen LogP contribution < -0.4 is 5.32 Å². The monoisotopic (exact) mass is 616 g/mol. The van der Waals surface area contributed by atoms with E-state index in [1.54, 1.807) is 26.0 Å². The van der Waals surface area contributed by atoms with Crippen LogP contribution in [-0.4, -0.2) is 89.8 Å². The summed E-state index contributed by atoms with van der Waals surface area (Å²) in [5, 5.41) is 2.02. The predicted molar refractivity (Wildman–Crippen MR) is 150 cm³/mol. The van der Waals surface area contributed by atoms with Crippen LogP contribution in [-0.2, 0) is 52.5 Å². The van der Waals surface area contributed by atoms with Crippen LogP contribution in [0.25, 0.3) is 0 Å². The molecule has 3 heterocycles. The van der Waals surface area contributed by atoms with E-state index >= 15 is 0 Å². The van der Waals surface area contributed by atoms with Gasteiger partial charge in [0.15, 0.2) is 12.2 Å². The first kappa shape index (κ1) is 34.1. The maximum atomic E-state index is 12.8. The number of epoxide rings is 2. The highest BCUT2D eigenvalue weighted by molar-refractivity contribution is 6.16. The molecule has 6 atom stereocenters. The van der Waals surface area contributed by atoms with E-state index in [-0.39, 0.29) is 19.0 Å². The molecule has 14 heteroatoms. The van der Waals surface area contributed by atoms with Crippen LogP contribution in [0.4, 0.5) is 4.79 Å². The second-order valence-corrected chi connectivity index (χ2v) is 10.2. The Morgan fingerprint density at radius 2 is 1.75 bits per heavy atom. The lowest BCUT2D eigenvalue weighted by atomic mass is 10.00. The number of hydrogen-bond acceptors (Lipinski definition) is 12. The first-order chi connectivity index (χ1) is 20.9. The Kier molecular flexibility index (Phi) is 12.3. The van der Waals surface area contributed by atoms with Gasteiger partial charge in [0.25, 0.3) is 11.8 Å². The van der Waals surface area contributed by atoms with Crippen molar-refractivity contribution in [3.8, 4) is 0 Å². The van der Waals surface area contributed by atoms with Crippen molar-refractivity contribution in [2.75, 3.05) is 6.61 Å². The molecule has 14 nitrogen and oxygen atoms in total. The number of rotatable bonds is 7. The molecule has 3 aliphatic heterocycles. The standard InChI is InChI=1S/C30H36N2O12/c1-5-24(37)40-15-9-8-10-20-26(41-20)28-29(44-30(39)31-18(3)33)27-21(42-27)14-13-17(2)16-23(36)32(19(4)34)22(35)11-6-7-12-25(38)43-28/h6-8,10-12,16,20-21,26-29H,5,9,13-15H2,1-4H3,(H,31,33,39)/b10-8+,11-6+,12-7-,17-16-. The molecular weight excluding hydrogens is 580 g/mol. The van der Waals surface area contributed by atoms with Crippen molar-refractivity contribution in [1.29, 1.82) is 0 Å². The maximum Gasteiger partial charge on any atom is 0.414 e. The van der Waals surface area contributed by atoms with E-state index in [4.69, 9.17) is 23.7 Å². The lowest BCUT2D eigenvalue weighted by Gasteiger charge is -2.24. The average molecular weight is 617 g/mol. The second kappa shape index (κ2) is 15.9. The van der Waals surface area contributed by atoms with Crippen molar-refractivity contribution < 1.29 is 57.2 Å². The fraction of sp³-hybridized carbons (Fsp3) is 0.500. The molecule has 1 N–H and O–H groups in total. The van der Waals surface area contributed by atoms with Crippen molar-refractivity contribution in [3.05, 3.63) is 48.1 Å². The van der Waals surface area contributed by atoms with E-state index in [9.17, 15) is 33.6 Å². The summed E-state index contributed by atoms with van der Waals surface area (Å²) in [5.41, 5.74) is 0.562. The minimum absolute atomic E-state index is 0.179. The topological polar surface area (TPSA) is 188 Å². The van der Waals surface area contributed by atoms with Gasteiger partial charge < -0.3 is 23.7 Å². The van der Waals surface area contributed by atoms with Gasteiger partial charge in [-0.25, -0.2) is 14.5 Å². The number of carbonyl (C=O) groups is 7. The third-order valence-electron chi connectivity index (χ3n) is 6.62. The number of ether oxygens (including phenoxy) is 5. The summed E-state index contributed by atoms with van der Waals surface area (Å²) in [6.45, 7) is 5.73. The molecule has 0 spiro atoms. The van der Waals surface area contributed by atoms with Crippen molar-refractivity contribution in [3.63, 3.8) is 0 Å². The van der Waals surface area contributed by atoms with Gasteiger partial charge in [0.2, 0.25) is 11.8 Å². The SMILES string of the molecule is CCC(=O)OCC/C=C/C1OC1C1OC(=O)/C=C\C=C\C(=O)N(C(C)=O)C(=O)/C=C(/C)CCC2OC2C1OC(=O)NC(C)=O. The van der Waals surface area contributed by atoms with E-state index in [0.717, 1.165) is 32.1 Å². The summed E-state index contributed by atoms with van der Waals surface area (Å²) in [4.78, 5) is 85.7. The molecule has 0 aromatic rings. The van der Waals surface area contributed by atoms with Crippen LogP contribution in [0.1, 0.15) is 53.4 Å². The molecule has 2 saturated heterocycles. The second-order valence-electron chi connectivity index (χ2n) is 10.2. The Labute approximate surface area is 254 Å². The number of esters is 2. The average Bonchev–Trinajstić information content (AvgIpc) is 3.86. The molecule has 0 radical (unpaired) electrons. The van der Waals surface area contributed by atoms with Crippen LogP contribution in [0.15, 0.2) is 48.1 Å². The third kappa shape index (κ3) is 10.4. The lowest BCUT2D eigenvalue weighted by molar-refractivity contribution is -0.152. The summed E-state index contributed by atoms with van der Waals surface area (Å²) < 4.78 is 27.8. The van der Waals surface area contributed by atoms with Gasteiger partial charge in [0, 0.05) is 38.5 Å². The molecule has 5 amide bonds. The van der Waals surface area contributed by atoms with E-state index in [1.165, 1.54) is 12.2 Å². The number of cyclic esters (lactones) is 1. The molecule has 0 saturated carbocycles. The normalized spacial score (nSPS) is 30.1. The number of fused-ring (bicyclic) bond motifs is 1. The zero-order valence-electron chi connectivity index (χ0n) is 24.9. The highest BCUT2D eigenvalue weighted by atomic mass is 16.7. The van der Waals surface area contributed by atoms with E-state index in [1.807, 2.05) is 5.32 Å². The molecule has 44 heavy (non-hydrogen) atoms. The zero-order valence-corrected chi connectivity index (χ0v) is 24.9. The van der Waals surface area contributed by atoms with Crippen molar-refractivity contribution >= 4 is 41.7 Å². The highest BCUT2D eigenvalue weighted by Gasteiger charge is 2.58. The largest absolute Gasteiger partial charge is 0.465 e. The highest BCUT2D eigenvalue weighted by Crippen LogP contribution is 2.39. The minimum Gasteiger partial charge on any atom is -0.465 e. The molecule has 2 fully saturated rings. The Morgan fingerprint density at radius 1 is 1.02 bits per heavy atom. The fourth-order valence-corrected chi connectivity index (χ4v) is 4.40. The van der Waals surface area contributed by atoms with Gasteiger partial charge >= 0.3 is 18.0 Å². The Morgan fingerprint density at radius 3 is 2.43 bits per heavy atom. The summed E-state index contributed by atoms with van der Waals surface area (Å²) >= 11 is 0. The lowest BCUT2D eigenvalue weighted by Crippen LogP contribution is -2.46. The number of amides is 5. The Hall–Kier alpha value is -4.43. The molecule has 0 aliphatic carbocycles. The summed E-state index contributed by atoms with van der Waals surface area (Å²) in [6, 6.07) is 0. The zero-order chi connectivity index (χ0) is 32.4. The van der Waals surface area contributed by atoms with E-state index in [0.29, 0.717) is 29.7 Å². The molecule has 0 bridgehead atoms. The molecular formula is C30H36N2O12. The first-order valence-electron chi connectivity index (χ1n) is 14.1. The van der Waals surface area contributed by atoms with Gasteiger partial charge in [0.05, 0.1) is 12.7 Å². The number of nitrogens with zero attached hydrogens (tertiary/aromatic N) is 1. The quantitative estimate of drug-likeness (QED) is 0.109. The van der Waals surface area contributed by atoms with Gasteiger partial charge in [-0.2, -0.15) is 0 Å². The van der Waals surface area contributed by atoms with Gasteiger partial charge in [0.1, 0.15) is 18.3 Å². The minimum atomic E-state index is -1.18. The molecule has 3 rings (SSSR count). The van der Waals surface area contributed by atoms with E-state index < -0.39 is 72.3 Å². The fourth-order valence-electron chi connectivity index (χ4n) is 4.40. The predicted octanol–water partition coefficient (Wildman–Crippen LogP) is 1.73. The van der Waals surface area contributed by atoms with Gasteiger partial charge in [-0.1, -0.05) is 36.8 Å². The number of hydrogen-bond donors (Lipinski definition) is 1.